The average molecular weight is 212 g/mol. The molecule has 0 spiro atoms. The molecule has 0 unspecified atom stereocenters. The third-order valence-corrected chi connectivity index (χ3v) is 3.73. The summed E-state index contributed by atoms with van der Waals surface area (Å²) in [6.07, 6.45) is 1.12. The van der Waals surface area contributed by atoms with E-state index in [2.05, 4.69) is 0 Å². The molecule has 0 atom stereocenters. The van der Waals surface area contributed by atoms with Gasteiger partial charge >= 0.3 is 0 Å². The van der Waals surface area contributed by atoms with Crippen molar-refractivity contribution in [2.24, 2.45) is 0 Å². The zero-order chi connectivity index (χ0) is 10.6. The summed E-state index contributed by atoms with van der Waals surface area (Å²) < 4.78 is 22.8. The van der Waals surface area contributed by atoms with Crippen LogP contribution in [0.15, 0.2) is 29.2 Å². The summed E-state index contributed by atoms with van der Waals surface area (Å²) in [5.74, 6) is 0.0972. The fourth-order valence-corrected chi connectivity index (χ4v) is 1.98. The molecule has 1 rings (SSSR count). The maximum Gasteiger partial charge on any atom is 0.178 e. The van der Waals surface area contributed by atoms with Crippen molar-refractivity contribution < 1.29 is 13.2 Å². The Morgan fingerprint density at radius 2 is 1.79 bits per heavy atom. The Bertz CT molecular complexity index is 403. The summed E-state index contributed by atoms with van der Waals surface area (Å²) >= 11 is 0. The summed E-state index contributed by atoms with van der Waals surface area (Å²) in [5.41, 5.74) is 0.829. The lowest BCUT2D eigenvalue weighted by Gasteiger charge is -2.01. The standard InChI is InChI=1S/C10H12O3S/c1-2-14(12,13)10-5-3-9(4-6-10)7-8-11/h3-6,8H,2,7H2,1H3. The molecule has 4 heteroatoms. The molecule has 0 aliphatic rings. The molecular weight excluding hydrogens is 200 g/mol. The Hall–Kier alpha value is -1.16. The molecule has 1 aromatic carbocycles. The van der Waals surface area contributed by atoms with Crippen molar-refractivity contribution in [3.05, 3.63) is 29.8 Å². The van der Waals surface area contributed by atoms with Gasteiger partial charge in [-0.05, 0) is 17.7 Å². The number of aldehydes is 1. The molecule has 0 saturated heterocycles. The number of carbonyl (C=O) groups excluding carboxylic acids is 1. The third-order valence-electron chi connectivity index (χ3n) is 1.98. The van der Waals surface area contributed by atoms with Crippen LogP contribution in [0.5, 0.6) is 0 Å². The molecule has 0 fully saturated rings. The fourth-order valence-electron chi connectivity index (χ4n) is 1.10. The minimum Gasteiger partial charge on any atom is -0.303 e. The van der Waals surface area contributed by atoms with Crippen molar-refractivity contribution in [3.8, 4) is 0 Å². The molecule has 0 saturated carbocycles. The smallest absolute Gasteiger partial charge is 0.178 e. The van der Waals surface area contributed by atoms with Crippen LogP contribution in [0, 0.1) is 0 Å². The van der Waals surface area contributed by atoms with Crippen LogP contribution in [-0.4, -0.2) is 20.5 Å². The zero-order valence-corrected chi connectivity index (χ0v) is 8.75. The molecule has 0 amide bonds. The molecule has 0 radical (unpaired) electrons. The topological polar surface area (TPSA) is 51.2 Å². The molecular formula is C10H12O3S. The third kappa shape index (κ3) is 2.42. The van der Waals surface area contributed by atoms with E-state index >= 15 is 0 Å². The largest absolute Gasteiger partial charge is 0.303 e. The van der Waals surface area contributed by atoms with Crippen molar-refractivity contribution in [2.45, 2.75) is 18.2 Å². The van der Waals surface area contributed by atoms with E-state index in [0.29, 0.717) is 11.3 Å². The lowest BCUT2D eigenvalue weighted by molar-refractivity contribution is -0.107. The predicted molar refractivity (Wildman–Crippen MR) is 53.9 cm³/mol. The van der Waals surface area contributed by atoms with Crippen LogP contribution in [0.3, 0.4) is 0 Å². The second-order valence-electron chi connectivity index (χ2n) is 2.92. The van der Waals surface area contributed by atoms with Crippen LogP contribution in [0.4, 0.5) is 0 Å². The molecule has 76 valence electrons. The first-order valence-electron chi connectivity index (χ1n) is 4.35. The molecule has 0 aliphatic heterocycles. The van der Waals surface area contributed by atoms with E-state index in [0.717, 1.165) is 11.8 Å². The van der Waals surface area contributed by atoms with Crippen molar-refractivity contribution >= 4 is 16.1 Å². The van der Waals surface area contributed by atoms with Crippen molar-refractivity contribution in [2.75, 3.05) is 5.75 Å². The van der Waals surface area contributed by atoms with Crippen LogP contribution in [0.2, 0.25) is 0 Å². The number of rotatable bonds is 4. The predicted octanol–water partition coefficient (Wildman–Crippen LogP) is 1.22. The minimum atomic E-state index is -3.12. The van der Waals surface area contributed by atoms with Gasteiger partial charge in [0.1, 0.15) is 6.29 Å². The van der Waals surface area contributed by atoms with Gasteiger partial charge in [0, 0.05) is 6.42 Å². The maximum absolute atomic E-state index is 11.4. The first kappa shape index (κ1) is 10.9. The van der Waals surface area contributed by atoms with Gasteiger partial charge in [0.15, 0.2) is 9.84 Å². The number of benzene rings is 1. The molecule has 3 nitrogen and oxygen atoms in total. The van der Waals surface area contributed by atoms with E-state index in [9.17, 15) is 13.2 Å². The van der Waals surface area contributed by atoms with E-state index in [1.54, 1.807) is 19.1 Å². The number of sulfone groups is 1. The van der Waals surface area contributed by atoms with Gasteiger partial charge < -0.3 is 4.79 Å². The fraction of sp³-hybridized carbons (Fsp3) is 0.300. The molecule has 0 aromatic heterocycles. The van der Waals surface area contributed by atoms with Crippen LogP contribution in [-0.2, 0) is 21.1 Å². The Morgan fingerprint density at radius 3 is 2.21 bits per heavy atom. The van der Waals surface area contributed by atoms with Crippen molar-refractivity contribution in [1.82, 2.24) is 0 Å². The quantitative estimate of drug-likeness (QED) is 0.705. The first-order valence-corrected chi connectivity index (χ1v) is 6.00. The summed E-state index contributed by atoms with van der Waals surface area (Å²) in [4.78, 5) is 10.5. The number of carbonyl (C=O) groups is 1. The van der Waals surface area contributed by atoms with Gasteiger partial charge in [-0.15, -0.1) is 0 Å². The second kappa shape index (κ2) is 4.37. The van der Waals surface area contributed by atoms with Gasteiger partial charge in [0.25, 0.3) is 0 Å². The highest BCUT2D eigenvalue weighted by atomic mass is 32.2. The summed E-state index contributed by atoms with van der Waals surface area (Å²) in [7, 11) is -3.12. The highest BCUT2D eigenvalue weighted by Gasteiger charge is 2.10. The molecule has 0 aliphatic carbocycles. The summed E-state index contributed by atoms with van der Waals surface area (Å²) in [5, 5.41) is 0. The van der Waals surface area contributed by atoms with Crippen LogP contribution >= 0.6 is 0 Å². The highest BCUT2D eigenvalue weighted by molar-refractivity contribution is 7.91. The van der Waals surface area contributed by atoms with Crippen LogP contribution in [0.1, 0.15) is 12.5 Å². The van der Waals surface area contributed by atoms with Gasteiger partial charge in [0.2, 0.25) is 0 Å². The Morgan fingerprint density at radius 1 is 1.21 bits per heavy atom. The van der Waals surface area contributed by atoms with Crippen molar-refractivity contribution in [3.63, 3.8) is 0 Å². The molecule has 1 aromatic rings. The van der Waals surface area contributed by atoms with E-state index in [1.165, 1.54) is 12.1 Å². The lowest BCUT2D eigenvalue weighted by atomic mass is 10.2. The van der Waals surface area contributed by atoms with Gasteiger partial charge in [-0.1, -0.05) is 19.1 Å². The van der Waals surface area contributed by atoms with E-state index < -0.39 is 9.84 Å². The summed E-state index contributed by atoms with van der Waals surface area (Å²) in [6, 6.07) is 6.41. The van der Waals surface area contributed by atoms with Gasteiger partial charge in [0.05, 0.1) is 10.6 Å². The molecule has 0 bridgehead atoms. The first-order chi connectivity index (χ1) is 6.60. The van der Waals surface area contributed by atoms with E-state index in [4.69, 9.17) is 0 Å². The SMILES string of the molecule is CCS(=O)(=O)c1ccc(CC=O)cc1. The van der Waals surface area contributed by atoms with E-state index in [1.807, 2.05) is 0 Å². The molecule has 0 heterocycles. The summed E-state index contributed by atoms with van der Waals surface area (Å²) in [6.45, 7) is 1.61. The van der Waals surface area contributed by atoms with Gasteiger partial charge in [-0.25, -0.2) is 8.42 Å². The zero-order valence-electron chi connectivity index (χ0n) is 7.93. The second-order valence-corrected chi connectivity index (χ2v) is 5.20. The maximum atomic E-state index is 11.4. The monoisotopic (exact) mass is 212 g/mol. The normalized spacial score (nSPS) is 11.2. The number of hydrogen-bond acceptors (Lipinski definition) is 3. The van der Waals surface area contributed by atoms with Gasteiger partial charge in [-0.3, -0.25) is 0 Å². The molecule has 0 N–H and O–H groups in total. The van der Waals surface area contributed by atoms with E-state index in [-0.39, 0.29) is 5.75 Å². The minimum absolute atomic E-state index is 0.0972. The highest BCUT2D eigenvalue weighted by Crippen LogP contribution is 2.12. The molecule has 14 heavy (non-hydrogen) atoms. The van der Waals surface area contributed by atoms with Crippen LogP contribution < -0.4 is 0 Å². The average Bonchev–Trinajstić information content (AvgIpc) is 2.19. The Labute approximate surface area is 83.7 Å². The Balaban J connectivity index is 3.00. The van der Waals surface area contributed by atoms with Crippen molar-refractivity contribution in [1.29, 1.82) is 0 Å². The number of hydrogen-bond donors (Lipinski definition) is 0. The lowest BCUT2D eigenvalue weighted by Crippen LogP contribution is -2.03. The Kier molecular flexibility index (Phi) is 3.41. The van der Waals surface area contributed by atoms with Gasteiger partial charge in [-0.2, -0.15) is 0 Å². The van der Waals surface area contributed by atoms with Crippen LogP contribution in [0.25, 0.3) is 0 Å².